The molecule has 2 aliphatic rings. The van der Waals surface area contributed by atoms with Crippen LogP contribution in [-0.2, 0) is 19.1 Å². The fraction of sp³-hybridized carbons (Fsp3) is 0.640. The van der Waals surface area contributed by atoms with Gasteiger partial charge in [0.2, 0.25) is 5.91 Å². The maximum absolute atomic E-state index is 12.0. The van der Waals surface area contributed by atoms with Crippen LogP contribution in [-0.4, -0.2) is 49.9 Å². The van der Waals surface area contributed by atoms with Crippen LogP contribution < -0.4 is 21.1 Å². The molecule has 1 aliphatic carbocycles. The average molecular weight is 491 g/mol. The Labute approximate surface area is 208 Å². The lowest BCUT2D eigenvalue weighted by atomic mass is 9.95. The number of carbonyl (C=O) groups is 2. The van der Waals surface area contributed by atoms with Crippen molar-refractivity contribution in [3.8, 4) is 0 Å². The molecule has 0 unspecified atom stereocenters. The first-order chi connectivity index (χ1) is 16.3. The van der Waals surface area contributed by atoms with E-state index in [9.17, 15) is 9.59 Å². The highest BCUT2D eigenvalue weighted by Gasteiger charge is 2.30. The number of hydrazine groups is 1. The Morgan fingerprint density at radius 2 is 1.85 bits per heavy atom. The van der Waals surface area contributed by atoms with Gasteiger partial charge >= 0.3 is 5.97 Å². The molecule has 0 spiro atoms. The second-order valence-corrected chi connectivity index (χ2v) is 10.1. The Hall–Kier alpha value is -2.39. The molecule has 1 atom stereocenters. The van der Waals surface area contributed by atoms with Gasteiger partial charge in [0, 0.05) is 31.7 Å². The number of rotatable bonds is 9. The molecule has 34 heavy (non-hydrogen) atoms. The zero-order valence-corrected chi connectivity index (χ0v) is 21.5. The topological polar surface area (TPSA) is 91.9 Å². The largest absolute Gasteiger partial charge is 0.469 e. The standard InChI is InChI=1S/C25H38N4O4S/c1-16(2)15-29(20-9-11-33-12-10-20)22-8-7-19(17(3)13-23(30)32-4)14-21(22)26-25(34)28-27-24(31)18-5-6-18/h7-8,14,16-18,20H,5-6,9-13,15H2,1-4H3,(H,27,31)(H2,26,28,34)/t17-/m1/s1. The summed E-state index contributed by atoms with van der Waals surface area (Å²) < 4.78 is 10.5. The number of benzene rings is 1. The van der Waals surface area contributed by atoms with Gasteiger partial charge < -0.3 is 19.7 Å². The van der Waals surface area contributed by atoms with Gasteiger partial charge in [0.1, 0.15) is 0 Å². The highest BCUT2D eigenvalue weighted by atomic mass is 32.1. The summed E-state index contributed by atoms with van der Waals surface area (Å²) in [6, 6.07) is 6.60. The molecule has 1 amide bonds. The maximum Gasteiger partial charge on any atom is 0.306 e. The molecule has 188 valence electrons. The van der Waals surface area contributed by atoms with Gasteiger partial charge in [-0.3, -0.25) is 20.4 Å². The Morgan fingerprint density at radius 3 is 2.47 bits per heavy atom. The van der Waals surface area contributed by atoms with Crippen LogP contribution in [0.15, 0.2) is 18.2 Å². The van der Waals surface area contributed by atoms with E-state index in [1.807, 2.05) is 13.0 Å². The number of nitrogens with one attached hydrogen (secondary N) is 3. The Bertz CT molecular complexity index is 868. The van der Waals surface area contributed by atoms with Gasteiger partial charge in [0.25, 0.3) is 0 Å². The third-order valence-corrected chi connectivity index (χ3v) is 6.49. The molecule has 8 nitrogen and oxygen atoms in total. The van der Waals surface area contributed by atoms with E-state index >= 15 is 0 Å². The van der Waals surface area contributed by atoms with Crippen molar-refractivity contribution in [1.82, 2.24) is 10.9 Å². The van der Waals surface area contributed by atoms with Crippen LogP contribution in [0.3, 0.4) is 0 Å². The Morgan fingerprint density at radius 1 is 1.15 bits per heavy atom. The predicted octanol–water partition coefficient (Wildman–Crippen LogP) is 3.72. The SMILES string of the molecule is COC(=O)C[C@@H](C)c1ccc(N(CC(C)C)C2CCOCC2)c(NC(=S)NNC(=O)C2CC2)c1. The number of ether oxygens (including phenoxy) is 2. The van der Waals surface area contributed by atoms with Crippen LogP contribution in [0, 0.1) is 11.8 Å². The molecule has 1 aliphatic heterocycles. The minimum Gasteiger partial charge on any atom is -0.469 e. The molecule has 1 heterocycles. The van der Waals surface area contributed by atoms with Crippen LogP contribution in [0.5, 0.6) is 0 Å². The van der Waals surface area contributed by atoms with Crippen LogP contribution in [0.25, 0.3) is 0 Å². The molecule has 1 saturated carbocycles. The maximum atomic E-state index is 12.0. The lowest BCUT2D eigenvalue weighted by Gasteiger charge is -2.38. The normalized spacial score (nSPS) is 17.1. The third kappa shape index (κ3) is 7.56. The van der Waals surface area contributed by atoms with Crippen LogP contribution in [0.4, 0.5) is 11.4 Å². The van der Waals surface area contributed by atoms with Crippen molar-refractivity contribution in [2.75, 3.05) is 37.1 Å². The van der Waals surface area contributed by atoms with Crippen LogP contribution in [0.2, 0.25) is 0 Å². The van der Waals surface area contributed by atoms with E-state index in [2.05, 4.69) is 47.0 Å². The molecule has 0 radical (unpaired) electrons. The van der Waals surface area contributed by atoms with Gasteiger partial charge in [0.15, 0.2) is 5.11 Å². The molecule has 0 aromatic heterocycles. The highest BCUT2D eigenvalue weighted by molar-refractivity contribution is 7.80. The number of methoxy groups -OCH3 is 1. The second kappa shape index (κ2) is 12.4. The predicted molar refractivity (Wildman–Crippen MR) is 138 cm³/mol. The lowest BCUT2D eigenvalue weighted by Crippen LogP contribution is -2.45. The van der Waals surface area contributed by atoms with Crippen molar-refractivity contribution in [1.29, 1.82) is 0 Å². The number of thiocarbonyl (C=S) groups is 1. The van der Waals surface area contributed by atoms with E-state index in [0.717, 1.165) is 62.4 Å². The molecule has 1 saturated heterocycles. The Kier molecular flexibility index (Phi) is 9.53. The third-order valence-electron chi connectivity index (χ3n) is 6.29. The molecule has 1 aromatic carbocycles. The summed E-state index contributed by atoms with van der Waals surface area (Å²) in [6.07, 6.45) is 4.07. The monoisotopic (exact) mass is 490 g/mol. The summed E-state index contributed by atoms with van der Waals surface area (Å²) in [5.74, 6) is 0.267. The minimum absolute atomic E-state index is 0.0141. The number of carbonyl (C=O) groups excluding carboxylic acids is 2. The molecule has 9 heteroatoms. The van der Waals surface area contributed by atoms with E-state index in [1.54, 1.807) is 0 Å². The van der Waals surface area contributed by atoms with E-state index in [1.165, 1.54) is 7.11 Å². The van der Waals surface area contributed by atoms with Gasteiger partial charge in [-0.15, -0.1) is 0 Å². The second-order valence-electron chi connectivity index (χ2n) is 9.69. The first-order valence-corrected chi connectivity index (χ1v) is 12.6. The fourth-order valence-corrected chi connectivity index (χ4v) is 4.38. The quantitative estimate of drug-likeness (QED) is 0.274. The molecular formula is C25H38N4O4S. The summed E-state index contributed by atoms with van der Waals surface area (Å²) in [4.78, 5) is 26.3. The molecule has 0 bridgehead atoms. The van der Waals surface area contributed by atoms with E-state index in [0.29, 0.717) is 23.5 Å². The number of hydrogen-bond acceptors (Lipinski definition) is 6. The molecular weight excluding hydrogens is 452 g/mol. The summed E-state index contributed by atoms with van der Waals surface area (Å²) in [6.45, 7) is 8.84. The minimum atomic E-state index is -0.241. The number of amides is 1. The number of hydrogen-bond donors (Lipinski definition) is 3. The van der Waals surface area contributed by atoms with Gasteiger partial charge in [-0.1, -0.05) is 26.8 Å². The van der Waals surface area contributed by atoms with Gasteiger partial charge in [-0.05, 0) is 67.4 Å². The van der Waals surface area contributed by atoms with Crippen LogP contribution in [0.1, 0.15) is 64.4 Å². The van der Waals surface area contributed by atoms with Crippen molar-refractivity contribution in [3.05, 3.63) is 23.8 Å². The smallest absolute Gasteiger partial charge is 0.306 e. The number of esters is 1. The first kappa shape index (κ1) is 26.2. The summed E-state index contributed by atoms with van der Waals surface area (Å²) in [7, 11) is 1.41. The number of anilines is 2. The van der Waals surface area contributed by atoms with Crippen molar-refractivity contribution in [2.24, 2.45) is 11.8 Å². The lowest BCUT2D eigenvalue weighted by molar-refractivity contribution is -0.141. The summed E-state index contributed by atoms with van der Waals surface area (Å²) in [5, 5.41) is 3.62. The van der Waals surface area contributed by atoms with Gasteiger partial charge in [-0.2, -0.15) is 0 Å². The fourth-order valence-electron chi connectivity index (χ4n) is 4.22. The zero-order valence-electron chi connectivity index (χ0n) is 20.7. The molecule has 1 aromatic rings. The van der Waals surface area contributed by atoms with E-state index in [4.69, 9.17) is 21.7 Å². The first-order valence-electron chi connectivity index (χ1n) is 12.2. The molecule has 2 fully saturated rings. The van der Waals surface area contributed by atoms with Crippen molar-refractivity contribution >= 4 is 40.6 Å². The average Bonchev–Trinajstić information content (AvgIpc) is 3.67. The van der Waals surface area contributed by atoms with Crippen molar-refractivity contribution in [3.63, 3.8) is 0 Å². The molecule has 3 rings (SSSR count). The van der Waals surface area contributed by atoms with E-state index < -0.39 is 0 Å². The van der Waals surface area contributed by atoms with Crippen molar-refractivity contribution in [2.45, 2.75) is 64.8 Å². The van der Waals surface area contributed by atoms with Gasteiger partial charge in [0.05, 0.1) is 24.9 Å². The summed E-state index contributed by atoms with van der Waals surface area (Å²) >= 11 is 5.50. The van der Waals surface area contributed by atoms with E-state index in [-0.39, 0.29) is 23.7 Å². The van der Waals surface area contributed by atoms with Crippen LogP contribution >= 0.6 is 12.2 Å². The number of nitrogens with zero attached hydrogens (tertiary/aromatic N) is 1. The zero-order chi connectivity index (χ0) is 24.7. The Balaban J connectivity index is 1.86. The summed E-state index contributed by atoms with van der Waals surface area (Å²) in [5.41, 5.74) is 8.44. The highest BCUT2D eigenvalue weighted by Crippen LogP contribution is 2.35. The van der Waals surface area contributed by atoms with Gasteiger partial charge in [-0.25, -0.2) is 0 Å². The van der Waals surface area contributed by atoms with Crippen molar-refractivity contribution < 1.29 is 19.1 Å². The molecule has 3 N–H and O–H groups in total.